The SMILES string of the molecule is C=CC(=O)N1CC[C@H](C(=O)N(C)[C@H](C(=O)N[C@H]2Cc3ncc(n3C)-c3ccc4c(c3)c(c(-c3cccnc3[C@H](C)OC)n4CC)CC(C)(C)COC(=O)C3CCCN(N3)C2=O)C(C)C)C1. The van der Waals surface area contributed by atoms with E-state index in [2.05, 4.69) is 66.9 Å². The molecule has 16 nitrogen and oxygen atoms in total. The second-order valence-corrected chi connectivity index (χ2v) is 18.9. The fraction of sp³-hybridized carbons (Fsp3) is 0.531. The number of aromatic nitrogens is 4. The van der Waals surface area contributed by atoms with Gasteiger partial charge in [-0.1, -0.05) is 40.3 Å². The standard InChI is InChI=1S/C49H65N9O7/c1-11-41(59)56-22-19-32(27-56)46(61)55(9)43(29(3)4)45(60)52-37-24-40-51-26-39(54(40)8)31-17-18-38-34(23-31)35(44(57(38)12-2)33-15-13-20-50-42(33)30(5)64-10)25-49(6,7)28-65-48(63)36-16-14-21-58(53-36)47(37)62/h11,13,15,17-18,20,23,26,29-30,32,36-37,43,53H,1,12,14,16,19,21-22,24-25,27-28H2,2-10H3,(H,52,60)/t30-,32-,36?,37-,43-/m0/s1. The number of likely N-dealkylation sites (tertiary alicyclic amines) is 1. The van der Waals surface area contributed by atoms with Gasteiger partial charge in [-0.2, -0.15) is 0 Å². The van der Waals surface area contributed by atoms with Crippen molar-refractivity contribution < 1.29 is 33.4 Å². The first-order valence-electron chi connectivity index (χ1n) is 22.8. The van der Waals surface area contributed by atoms with Gasteiger partial charge in [0.05, 0.1) is 41.9 Å². The first-order chi connectivity index (χ1) is 31.0. The number of pyridine rings is 1. The lowest BCUT2D eigenvalue weighted by atomic mass is 9.84. The van der Waals surface area contributed by atoms with Gasteiger partial charge in [0.25, 0.3) is 5.91 Å². The second-order valence-electron chi connectivity index (χ2n) is 18.9. The molecule has 3 aliphatic heterocycles. The Kier molecular flexibility index (Phi) is 14.0. The average Bonchev–Trinajstić information content (AvgIpc) is 4.02. The molecule has 1 aromatic carbocycles. The van der Waals surface area contributed by atoms with E-state index in [-0.39, 0.29) is 43.4 Å². The molecule has 0 spiro atoms. The largest absolute Gasteiger partial charge is 0.464 e. The van der Waals surface area contributed by atoms with Crippen LogP contribution >= 0.6 is 0 Å². The van der Waals surface area contributed by atoms with Crippen molar-refractivity contribution in [1.82, 2.24) is 44.7 Å². The fourth-order valence-electron chi connectivity index (χ4n) is 9.84. The lowest BCUT2D eigenvalue weighted by Crippen LogP contribution is -2.62. The third-order valence-corrected chi connectivity index (χ3v) is 13.4. The summed E-state index contributed by atoms with van der Waals surface area (Å²) >= 11 is 0. The van der Waals surface area contributed by atoms with Crippen LogP contribution in [0.25, 0.3) is 33.4 Å². The van der Waals surface area contributed by atoms with Gasteiger partial charge in [-0.25, -0.2) is 10.4 Å². The number of hydrogen-bond donors (Lipinski definition) is 2. The van der Waals surface area contributed by atoms with Gasteiger partial charge in [-0.15, -0.1) is 0 Å². The van der Waals surface area contributed by atoms with Crippen molar-refractivity contribution in [2.75, 3.05) is 40.4 Å². The molecule has 7 rings (SSSR count). The Hall–Kier alpha value is -5.87. The summed E-state index contributed by atoms with van der Waals surface area (Å²) in [5, 5.41) is 5.48. The van der Waals surface area contributed by atoms with Crippen molar-refractivity contribution in [3.63, 3.8) is 0 Å². The van der Waals surface area contributed by atoms with Crippen LogP contribution in [0.15, 0.2) is 55.4 Å². The van der Waals surface area contributed by atoms with Crippen LogP contribution in [0.4, 0.5) is 0 Å². The van der Waals surface area contributed by atoms with E-state index < -0.39 is 47.2 Å². The van der Waals surface area contributed by atoms with Crippen molar-refractivity contribution in [2.45, 2.75) is 104 Å². The summed E-state index contributed by atoms with van der Waals surface area (Å²) in [6, 6.07) is 7.60. The number of carbonyl (C=O) groups excluding carboxylic acids is 5. The Labute approximate surface area is 381 Å². The maximum absolute atomic E-state index is 14.7. The summed E-state index contributed by atoms with van der Waals surface area (Å²) in [6.45, 7) is 17.4. The Morgan fingerprint density at radius 3 is 2.60 bits per heavy atom. The minimum absolute atomic E-state index is 0.0254. The van der Waals surface area contributed by atoms with Crippen LogP contribution in [0.5, 0.6) is 0 Å². The van der Waals surface area contributed by atoms with Crippen LogP contribution in [-0.2, 0) is 59.9 Å². The van der Waals surface area contributed by atoms with Gasteiger partial charge in [0.1, 0.15) is 23.9 Å². The number of cyclic esters (lactones) is 1. The normalized spacial score (nSPS) is 21.2. The van der Waals surface area contributed by atoms with E-state index in [4.69, 9.17) is 19.4 Å². The number of ether oxygens (including phenoxy) is 2. The molecule has 0 saturated carbocycles. The molecule has 4 aromatic rings. The van der Waals surface area contributed by atoms with Gasteiger partial charge in [-0.3, -0.25) is 34.0 Å². The number of nitrogens with zero attached hydrogens (tertiary/aromatic N) is 7. The molecule has 2 saturated heterocycles. The van der Waals surface area contributed by atoms with E-state index in [9.17, 15) is 24.0 Å². The molecule has 3 aliphatic rings. The zero-order chi connectivity index (χ0) is 46.9. The number of nitrogens with one attached hydrogen (secondary N) is 2. The first-order valence-corrected chi connectivity index (χ1v) is 22.8. The number of carbonyl (C=O) groups is 5. The first kappa shape index (κ1) is 47.1. The molecule has 0 radical (unpaired) electrons. The van der Waals surface area contributed by atoms with Crippen molar-refractivity contribution in [3.05, 3.63) is 72.5 Å². The predicted molar refractivity (Wildman–Crippen MR) is 247 cm³/mol. The Bertz CT molecular complexity index is 2470. The number of likely N-dealkylation sites (N-methyl/N-ethyl adjacent to an activating group) is 1. The molecule has 348 valence electrons. The summed E-state index contributed by atoms with van der Waals surface area (Å²) in [4.78, 5) is 82.0. The average molecular weight is 892 g/mol. The number of hydrazine groups is 1. The number of amides is 4. The van der Waals surface area contributed by atoms with Gasteiger partial charge >= 0.3 is 5.97 Å². The molecule has 2 N–H and O–H groups in total. The van der Waals surface area contributed by atoms with E-state index in [1.807, 2.05) is 38.5 Å². The van der Waals surface area contributed by atoms with Crippen LogP contribution in [-0.4, -0.2) is 122 Å². The van der Waals surface area contributed by atoms with E-state index in [0.29, 0.717) is 51.1 Å². The molecule has 5 atom stereocenters. The molecule has 2 fully saturated rings. The number of hydrogen-bond acceptors (Lipinski definition) is 10. The third-order valence-electron chi connectivity index (χ3n) is 13.4. The maximum atomic E-state index is 14.7. The molecular formula is C49H65N9O7. The molecule has 6 bridgehead atoms. The number of fused-ring (bicyclic) bond motifs is 6. The lowest BCUT2D eigenvalue weighted by molar-refractivity contribution is -0.155. The lowest BCUT2D eigenvalue weighted by Gasteiger charge is -2.37. The smallest absolute Gasteiger partial charge is 0.324 e. The van der Waals surface area contributed by atoms with Gasteiger partial charge in [0.15, 0.2) is 0 Å². The van der Waals surface area contributed by atoms with Crippen LogP contribution in [0.1, 0.15) is 84.0 Å². The number of methoxy groups -OCH3 is 1. The molecule has 1 unspecified atom stereocenters. The van der Waals surface area contributed by atoms with E-state index in [0.717, 1.165) is 44.7 Å². The highest BCUT2D eigenvalue weighted by Crippen LogP contribution is 2.42. The predicted octanol–water partition coefficient (Wildman–Crippen LogP) is 5.00. The van der Waals surface area contributed by atoms with Crippen molar-refractivity contribution >= 4 is 40.5 Å². The summed E-state index contributed by atoms with van der Waals surface area (Å²) in [5.74, 6) is -2.14. The number of aryl methyl sites for hydroxylation is 1. The highest BCUT2D eigenvalue weighted by molar-refractivity contribution is 5.96. The van der Waals surface area contributed by atoms with Crippen LogP contribution < -0.4 is 10.7 Å². The summed E-state index contributed by atoms with van der Waals surface area (Å²) in [5.41, 5.74) is 9.33. The number of rotatable bonds is 10. The molecule has 6 heterocycles. The quantitative estimate of drug-likeness (QED) is 0.163. The molecule has 16 heteroatoms. The maximum Gasteiger partial charge on any atom is 0.324 e. The number of esters is 1. The van der Waals surface area contributed by atoms with Gasteiger partial charge in [0, 0.05) is 87.4 Å². The highest BCUT2D eigenvalue weighted by atomic mass is 16.5. The fourth-order valence-corrected chi connectivity index (χ4v) is 9.84. The van der Waals surface area contributed by atoms with E-state index in [1.54, 1.807) is 31.5 Å². The van der Waals surface area contributed by atoms with Gasteiger partial charge in [0.2, 0.25) is 17.7 Å². The Morgan fingerprint density at radius 2 is 1.89 bits per heavy atom. The molecule has 0 aliphatic carbocycles. The Balaban J connectivity index is 1.29. The van der Waals surface area contributed by atoms with Crippen molar-refractivity contribution in [1.29, 1.82) is 0 Å². The minimum atomic E-state index is -1.12. The highest BCUT2D eigenvalue weighted by Gasteiger charge is 2.40. The van der Waals surface area contributed by atoms with Crippen LogP contribution in [0.3, 0.4) is 0 Å². The minimum Gasteiger partial charge on any atom is -0.464 e. The van der Waals surface area contributed by atoms with E-state index >= 15 is 0 Å². The van der Waals surface area contributed by atoms with Crippen molar-refractivity contribution in [2.24, 2.45) is 24.3 Å². The zero-order valence-electron chi connectivity index (χ0n) is 39.3. The van der Waals surface area contributed by atoms with Crippen LogP contribution in [0.2, 0.25) is 0 Å². The van der Waals surface area contributed by atoms with Gasteiger partial charge < -0.3 is 33.7 Å². The van der Waals surface area contributed by atoms with Crippen LogP contribution in [0, 0.1) is 17.3 Å². The van der Waals surface area contributed by atoms with Gasteiger partial charge in [-0.05, 0) is 81.4 Å². The molecule has 3 aromatic heterocycles. The molecule has 65 heavy (non-hydrogen) atoms. The number of imidazole rings is 1. The molecular weight excluding hydrogens is 827 g/mol. The monoisotopic (exact) mass is 892 g/mol. The topological polar surface area (TPSA) is 173 Å². The summed E-state index contributed by atoms with van der Waals surface area (Å²) in [6.07, 6.45) is 6.61. The Morgan fingerprint density at radius 1 is 1.12 bits per heavy atom. The third kappa shape index (κ3) is 9.46. The zero-order valence-corrected chi connectivity index (χ0v) is 39.3. The summed E-state index contributed by atoms with van der Waals surface area (Å²) in [7, 11) is 5.18. The summed E-state index contributed by atoms with van der Waals surface area (Å²) < 4.78 is 16.2. The number of benzene rings is 1. The van der Waals surface area contributed by atoms with E-state index in [1.165, 1.54) is 16.0 Å². The van der Waals surface area contributed by atoms with Crippen molar-refractivity contribution in [3.8, 4) is 22.5 Å². The molecule has 4 amide bonds. The second kappa shape index (κ2) is 19.3.